The Morgan fingerprint density at radius 3 is 2.73 bits per heavy atom. The molecule has 0 bridgehead atoms. The number of hydrogen-bond donors (Lipinski definition) is 0. The molecule has 3 aromatic rings. The van der Waals surface area contributed by atoms with Crippen molar-refractivity contribution in [2.24, 2.45) is 5.10 Å². The molecule has 1 amide bonds. The highest BCUT2D eigenvalue weighted by Crippen LogP contribution is 2.37. The van der Waals surface area contributed by atoms with Gasteiger partial charge in [-0.2, -0.15) is 5.10 Å². The maximum Gasteiger partial charge on any atom is 0.253 e. The molecule has 0 N–H and O–H groups in total. The van der Waals surface area contributed by atoms with Crippen LogP contribution >= 0.6 is 57.5 Å². The van der Waals surface area contributed by atoms with E-state index in [1.807, 2.05) is 29.1 Å². The molecule has 1 aliphatic rings. The zero-order valence-corrected chi connectivity index (χ0v) is 17.8. The molecule has 4 rings (SSSR count). The summed E-state index contributed by atoms with van der Waals surface area (Å²) >= 11 is 7.83. The van der Waals surface area contributed by atoms with E-state index in [2.05, 4.69) is 27.4 Å². The number of rotatable bonds is 6. The molecule has 1 atom stereocenters. The minimum atomic E-state index is -0.0172. The van der Waals surface area contributed by atoms with Crippen molar-refractivity contribution in [2.75, 3.05) is 12.0 Å². The fourth-order valence-corrected chi connectivity index (χ4v) is 6.39. The van der Waals surface area contributed by atoms with Gasteiger partial charge >= 0.3 is 0 Å². The second-order valence-corrected chi connectivity index (χ2v) is 10.5. The molecule has 0 radical (unpaired) electrons. The second-order valence-electron chi connectivity index (χ2n) is 5.32. The van der Waals surface area contributed by atoms with Gasteiger partial charge in [-0.1, -0.05) is 47.0 Å². The first-order valence-corrected chi connectivity index (χ1v) is 12.5. The average Bonchev–Trinajstić information content (AvgIpc) is 3.45. The highest BCUT2D eigenvalue weighted by atomic mass is 32.2. The molecule has 0 fully saturated rings. The lowest BCUT2D eigenvalue weighted by molar-refractivity contribution is -0.130. The van der Waals surface area contributed by atoms with Crippen LogP contribution in [-0.4, -0.2) is 38.8 Å². The Morgan fingerprint density at radius 1 is 1.23 bits per heavy atom. The number of thioether (sulfide) groups is 2. The van der Waals surface area contributed by atoms with Crippen LogP contribution in [0.5, 0.6) is 0 Å². The molecular formula is C16H14N4OS5. The molecule has 1 aliphatic heterocycles. The number of hydrogen-bond acceptors (Lipinski definition) is 9. The van der Waals surface area contributed by atoms with Gasteiger partial charge < -0.3 is 0 Å². The number of carbonyl (C=O) groups is 1. The van der Waals surface area contributed by atoms with Gasteiger partial charge in [0.05, 0.1) is 22.4 Å². The Labute approximate surface area is 171 Å². The van der Waals surface area contributed by atoms with Gasteiger partial charge in [-0.3, -0.25) is 4.79 Å². The Hall–Kier alpha value is -1.20. The lowest BCUT2D eigenvalue weighted by Crippen LogP contribution is -2.28. The van der Waals surface area contributed by atoms with Gasteiger partial charge in [-0.25, -0.2) is 5.01 Å². The van der Waals surface area contributed by atoms with Gasteiger partial charge in [0.2, 0.25) is 0 Å². The van der Waals surface area contributed by atoms with Crippen LogP contribution in [0.3, 0.4) is 0 Å². The molecule has 134 valence electrons. The van der Waals surface area contributed by atoms with Crippen molar-refractivity contribution in [2.45, 2.75) is 21.1 Å². The predicted molar refractivity (Wildman–Crippen MR) is 112 cm³/mol. The third kappa shape index (κ3) is 3.89. The Bertz CT molecular complexity index is 903. The summed E-state index contributed by atoms with van der Waals surface area (Å²) in [5, 5.41) is 18.6. The Morgan fingerprint density at radius 2 is 2.04 bits per heavy atom. The number of thiophene rings is 2. The molecule has 0 saturated heterocycles. The number of nitrogens with zero attached hydrogens (tertiary/aromatic N) is 4. The molecule has 10 heteroatoms. The quantitative estimate of drug-likeness (QED) is 0.515. The molecule has 0 aromatic carbocycles. The normalized spacial score (nSPS) is 16.9. The minimum Gasteiger partial charge on any atom is -0.272 e. The fraction of sp³-hybridized carbons (Fsp3) is 0.250. The lowest BCUT2D eigenvalue weighted by Gasteiger charge is -2.20. The number of carbonyl (C=O) groups excluding carboxylic acids is 1. The minimum absolute atomic E-state index is 0.000794. The first-order valence-electron chi connectivity index (χ1n) is 7.71. The smallest absolute Gasteiger partial charge is 0.253 e. The molecule has 5 nitrogen and oxygen atoms in total. The van der Waals surface area contributed by atoms with E-state index in [0.717, 1.165) is 25.7 Å². The summed E-state index contributed by atoms with van der Waals surface area (Å²) in [5.41, 5.74) is 0.984. The fourth-order valence-electron chi connectivity index (χ4n) is 2.56. The summed E-state index contributed by atoms with van der Waals surface area (Å²) < 4.78 is 1.73. The van der Waals surface area contributed by atoms with E-state index in [-0.39, 0.29) is 11.9 Å². The van der Waals surface area contributed by atoms with Crippen LogP contribution in [0.1, 0.15) is 22.2 Å². The Balaban J connectivity index is 1.51. The number of aromatic nitrogens is 2. The first kappa shape index (κ1) is 18.2. The molecular weight excluding hydrogens is 425 g/mol. The average molecular weight is 439 g/mol. The standard InChI is InChI=1S/C16H14N4OS5/c1-22-15-17-18-16(26-15)25-9-14(21)20-11(13-5-3-7-24-13)8-10(19-20)12-4-2-6-23-12/h2-7,11H,8-9H2,1H3. The van der Waals surface area contributed by atoms with Gasteiger partial charge in [0.15, 0.2) is 8.68 Å². The second kappa shape index (κ2) is 8.22. The van der Waals surface area contributed by atoms with Crippen LogP contribution in [0.25, 0.3) is 0 Å². The number of hydrazone groups is 1. The summed E-state index contributed by atoms with van der Waals surface area (Å²) in [4.78, 5) is 15.2. The van der Waals surface area contributed by atoms with Gasteiger partial charge in [0.25, 0.3) is 5.91 Å². The van der Waals surface area contributed by atoms with E-state index in [9.17, 15) is 4.79 Å². The van der Waals surface area contributed by atoms with Crippen LogP contribution in [-0.2, 0) is 4.79 Å². The summed E-state index contributed by atoms with van der Waals surface area (Å²) in [6.45, 7) is 0. The highest BCUT2D eigenvalue weighted by molar-refractivity contribution is 8.03. The van der Waals surface area contributed by atoms with E-state index in [1.54, 1.807) is 39.4 Å². The van der Waals surface area contributed by atoms with Crippen LogP contribution < -0.4 is 0 Å². The number of amides is 1. The topological polar surface area (TPSA) is 58.5 Å². The van der Waals surface area contributed by atoms with Gasteiger partial charge in [-0.15, -0.1) is 32.9 Å². The summed E-state index contributed by atoms with van der Waals surface area (Å²) in [6.07, 6.45) is 2.73. The molecule has 0 aliphatic carbocycles. The monoisotopic (exact) mass is 438 g/mol. The maximum absolute atomic E-state index is 12.9. The molecule has 0 saturated carbocycles. The van der Waals surface area contributed by atoms with Crippen LogP contribution in [0.15, 0.2) is 48.8 Å². The van der Waals surface area contributed by atoms with Gasteiger partial charge in [-0.05, 0) is 29.1 Å². The Kier molecular flexibility index (Phi) is 5.75. The molecule has 26 heavy (non-hydrogen) atoms. The summed E-state index contributed by atoms with van der Waals surface area (Å²) in [6, 6.07) is 8.15. The highest BCUT2D eigenvalue weighted by Gasteiger charge is 2.34. The van der Waals surface area contributed by atoms with Crippen LogP contribution in [0, 0.1) is 0 Å². The van der Waals surface area contributed by atoms with E-state index < -0.39 is 0 Å². The van der Waals surface area contributed by atoms with Gasteiger partial charge in [0, 0.05) is 11.3 Å². The SMILES string of the molecule is CSc1nnc(SCC(=O)N2N=C(c3cccs3)CC2c2cccs2)s1. The lowest BCUT2D eigenvalue weighted by atomic mass is 10.1. The van der Waals surface area contributed by atoms with E-state index in [1.165, 1.54) is 28.0 Å². The van der Waals surface area contributed by atoms with Crippen molar-refractivity contribution in [1.29, 1.82) is 0 Å². The van der Waals surface area contributed by atoms with Crippen LogP contribution in [0.4, 0.5) is 0 Å². The van der Waals surface area contributed by atoms with Crippen LogP contribution in [0.2, 0.25) is 0 Å². The molecule has 4 heterocycles. The third-order valence-electron chi connectivity index (χ3n) is 3.72. The van der Waals surface area contributed by atoms with Crippen molar-refractivity contribution >= 4 is 69.2 Å². The molecule has 1 unspecified atom stereocenters. The van der Waals surface area contributed by atoms with E-state index in [4.69, 9.17) is 0 Å². The van der Waals surface area contributed by atoms with Crippen molar-refractivity contribution in [3.63, 3.8) is 0 Å². The van der Waals surface area contributed by atoms with Crippen molar-refractivity contribution in [1.82, 2.24) is 15.2 Å². The van der Waals surface area contributed by atoms with E-state index in [0.29, 0.717) is 5.75 Å². The zero-order chi connectivity index (χ0) is 17.9. The van der Waals surface area contributed by atoms with Crippen molar-refractivity contribution in [3.8, 4) is 0 Å². The first-order chi connectivity index (χ1) is 12.7. The third-order valence-corrected chi connectivity index (χ3v) is 8.63. The summed E-state index contributed by atoms with van der Waals surface area (Å²) in [7, 11) is 0. The predicted octanol–water partition coefficient (Wildman–Crippen LogP) is 4.85. The molecule has 0 spiro atoms. The van der Waals surface area contributed by atoms with Crippen molar-refractivity contribution in [3.05, 3.63) is 44.8 Å². The zero-order valence-electron chi connectivity index (χ0n) is 13.7. The maximum atomic E-state index is 12.9. The van der Waals surface area contributed by atoms with Gasteiger partial charge in [0.1, 0.15) is 0 Å². The van der Waals surface area contributed by atoms with Crippen molar-refractivity contribution < 1.29 is 4.79 Å². The molecule has 3 aromatic heterocycles. The van der Waals surface area contributed by atoms with E-state index >= 15 is 0 Å². The largest absolute Gasteiger partial charge is 0.272 e. The summed E-state index contributed by atoms with van der Waals surface area (Å²) in [5.74, 6) is 0.312.